The van der Waals surface area contributed by atoms with Crippen molar-refractivity contribution in [2.75, 3.05) is 6.61 Å². The lowest BCUT2D eigenvalue weighted by molar-refractivity contribution is -0.245. The summed E-state index contributed by atoms with van der Waals surface area (Å²) in [6, 6.07) is 3.96. The molecule has 0 fully saturated rings. The van der Waals surface area contributed by atoms with E-state index in [2.05, 4.69) is 4.74 Å². The van der Waals surface area contributed by atoms with Gasteiger partial charge in [-0.15, -0.1) is 0 Å². The van der Waals surface area contributed by atoms with Crippen LogP contribution in [0.3, 0.4) is 0 Å². The second-order valence-corrected chi connectivity index (χ2v) is 2.46. The number of alkyl halides is 2. The predicted molar refractivity (Wildman–Crippen MR) is 41.9 cm³/mol. The van der Waals surface area contributed by atoms with Crippen molar-refractivity contribution in [1.82, 2.24) is 0 Å². The monoisotopic (exact) mass is 190 g/mol. The molecular weight excluding hydrogens is 181 g/mol. The molecular formula is C9H9F3O. The van der Waals surface area contributed by atoms with Gasteiger partial charge in [0.05, 0.1) is 12.2 Å². The Bertz CT molecular complexity index is 269. The van der Waals surface area contributed by atoms with E-state index in [0.717, 1.165) is 24.3 Å². The van der Waals surface area contributed by atoms with Crippen LogP contribution in [0.2, 0.25) is 0 Å². The molecule has 0 aliphatic carbocycles. The van der Waals surface area contributed by atoms with Crippen LogP contribution in [-0.4, -0.2) is 6.61 Å². The first-order chi connectivity index (χ1) is 6.06. The third-order valence-corrected chi connectivity index (χ3v) is 1.51. The van der Waals surface area contributed by atoms with E-state index in [9.17, 15) is 13.2 Å². The fourth-order valence-electron chi connectivity index (χ4n) is 0.909. The lowest BCUT2D eigenvalue weighted by Gasteiger charge is -2.15. The van der Waals surface area contributed by atoms with Crippen LogP contribution in [0.1, 0.15) is 12.5 Å². The van der Waals surface area contributed by atoms with E-state index in [-0.39, 0.29) is 12.2 Å². The Morgan fingerprint density at radius 3 is 2.23 bits per heavy atom. The van der Waals surface area contributed by atoms with E-state index in [0.29, 0.717) is 0 Å². The number of benzene rings is 1. The fourth-order valence-corrected chi connectivity index (χ4v) is 0.909. The molecule has 0 aromatic heterocycles. The minimum absolute atomic E-state index is 0.0929. The van der Waals surface area contributed by atoms with Crippen LogP contribution in [-0.2, 0) is 10.8 Å². The van der Waals surface area contributed by atoms with Crippen LogP contribution in [0.15, 0.2) is 24.3 Å². The number of hydrogen-bond acceptors (Lipinski definition) is 1. The van der Waals surface area contributed by atoms with Gasteiger partial charge in [0.15, 0.2) is 0 Å². The molecule has 0 aliphatic heterocycles. The molecule has 0 aliphatic rings. The van der Waals surface area contributed by atoms with Gasteiger partial charge in [-0.25, -0.2) is 4.39 Å². The molecule has 0 amide bonds. The third-order valence-electron chi connectivity index (χ3n) is 1.51. The Kier molecular flexibility index (Phi) is 2.93. The molecule has 1 aromatic carbocycles. The van der Waals surface area contributed by atoms with Crippen molar-refractivity contribution in [3.05, 3.63) is 35.6 Å². The molecule has 0 saturated carbocycles. The van der Waals surface area contributed by atoms with Crippen molar-refractivity contribution in [3.63, 3.8) is 0 Å². The minimum Gasteiger partial charge on any atom is -0.317 e. The summed E-state index contributed by atoms with van der Waals surface area (Å²) in [4.78, 5) is 0. The van der Waals surface area contributed by atoms with Gasteiger partial charge in [-0.1, -0.05) is 0 Å². The second-order valence-electron chi connectivity index (χ2n) is 2.46. The normalized spacial score (nSPS) is 11.7. The highest BCUT2D eigenvalue weighted by Gasteiger charge is 2.31. The van der Waals surface area contributed by atoms with Gasteiger partial charge in [0.25, 0.3) is 0 Å². The summed E-state index contributed by atoms with van der Waals surface area (Å²) in [6.45, 7) is 1.38. The summed E-state index contributed by atoms with van der Waals surface area (Å²) in [6.07, 6.45) is -3.33. The Hall–Kier alpha value is -1.03. The van der Waals surface area contributed by atoms with Gasteiger partial charge in [-0.3, -0.25) is 0 Å². The molecule has 72 valence electrons. The van der Waals surface area contributed by atoms with E-state index in [1.54, 1.807) is 0 Å². The molecule has 0 unspecified atom stereocenters. The molecule has 0 saturated heterocycles. The molecule has 0 N–H and O–H groups in total. The number of ether oxygens (including phenoxy) is 1. The quantitative estimate of drug-likeness (QED) is 0.712. The van der Waals surface area contributed by atoms with E-state index in [1.165, 1.54) is 6.92 Å². The SMILES string of the molecule is CCOC(F)(F)c1ccc(F)cc1. The van der Waals surface area contributed by atoms with Crippen LogP contribution in [0.25, 0.3) is 0 Å². The lowest BCUT2D eigenvalue weighted by atomic mass is 10.2. The summed E-state index contributed by atoms with van der Waals surface area (Å²) < 4.78 is 42.5. The van der Waals surface area contributed by atoms with Gasteiger partial charge >= 0.3 is 6.11 Å². The number of rotatable bonds is 3. The Balaban J connectivity index is 2.87. The molecule has 0 spiro atoms. The van der Waals surface area contributed by atoms with Crippen LogP contribution in [0, 0.1) is 5.82 Å². The molecule has 0 heterocycles. The van der Waals surface area contributed by atoms with Crippen molar-refractivity contribution in [3.8, 4) is 0 Å². The smallest absolute Gasteiger partial charge is 0.317 e. The molecule has 1 aromatic rings. The second kappa shape index (κ2) is 3.79. The van der Waals surface area contributed by atoms with E-state index in [1.807, 2.05) is 0 Å². The number of halogens is 3. The van der Waals surface area contributed by atoms with Crippen molar-refractivity contribution < 1.29 is 17.9 Å². The topological polar surface area (TPSA) is 9.23 Å². The summed E-state index contributed by atoms with van der Waals surface area (Å²) in [5.41, 5.74) is -0.337. The molecule has 4 heteroatoms. The highest BCUT2D eigenvalue weighted by Crippen LogP contribution is 2.28. The molecule has 13 heavy (non-hydrogen) atoms. The van der Waals surface area contributed by atoms with E-state index in [4.69, 9.17) is 0 Å². The Labute approximate surface area is 74.1 Å². The zero-order chi connectivity index (χ0) is 9.90. The highest BCUT2D eigenvalue weighted by atomic mass is 19.3. The summed E-state index contributed by atoms with van der Waals surface area (Å²) in [5, 5.41) is 0. The van der Waals surface area contributed by atoms with Gasteiger partial charge in [-0.05, 0) is 31.2 Å². The number of hydrogen-bond donors (Lipinski definition) is 0. The average molecular weight is 190 g/mol. The first kappa shape index (κ1) is 10.1. The molecule has 0 atom stereocenters. The highest BCUT2D eigenvalue weighted by molar-refractivity contribution is 5.18. The zero-order valence-electron chi connectivity index (χ0n) is 7.06. The minimum atomic E-state index is -3.33. The maximum atomic E-state index is 12.9. The van der Waals surface area contributed by atoms with Gasteiger partial charge in [-0.2, -0.15) is 8.78 Å². The van der Waals surface area contributed by atoms with Crippen molar-refractivity contribution in [1.29, 1.82) is 0 Å². The fraction of sp³-hybridized carbons (Fsp3) is 0.333. The molecule has 0 bridgehead atoms. The standard InChI is InChI=1S/C9H9F3O/c1-2-13-9(11,12)7-3-5-8(10)6-4-7/h3-6H,2H2,1H3. The first-order valence-electron chi connectivity index (χ1n) is 3.84. The van der Waals surface area contributed by atoms with Crippen molar-refractivity contribution >= 4 is 0 Å². The van der Waals surface area contributed by atoms with Crippen LogP contribution in [0.4, 0.5) is 13.2 Å². The lowest BCUT2D eigenvalue weighted by Crippen LogP contribution is -2.17. The van der Waals surface area contributed by atoms with Gasteiger partial charge in [0.2, 0.25) is 0 Å². The van der Waals surface area contributed by atoms with Crippen LogP contribution in [0.5, 0.6) is 0 Å². The zero-order valence-corrected chi connectivity index (χ0v) is 7.06. The summed E-state index contributed by atoms with van der Waals surface area (Å²) >= 11 is 0. The largest absolute Gasteiger partial charge is 0.383 e. The third kappa shape index (κ3) is 2.45. The molecule has 0 radical (unpaired) electrons. The van der Waals surface area contributed by atoms with Crippen molar-refractivity contribution in [2.45, 2.75) is 13.0 Å². The maximum absolute atomic E-state index is 12.9. The average Bonchev–Trinajstić information content (AvgIpc) is 2.05. The maximum Gasteiger partial charge on any atom is 0.383 e. The first-order valence-corrected chi connectivity index (χ1v) is 3.84. The summed E-state index contributed by atoms with van der Waals surface area (Å²) in [5.74, 6) is -0.545. The van der Waals surface area contributed by atoms with Gasteiger partial charge in [0.1, 0.15) is 5.82 Å². The van der Waals surface area contributed by atoms with Crippen molar-refractivity contribution in [2.24, 2.45) is 0 Å². The Morgan fingerprint density at radius 1 is 1.23 bits per heavy atom. The van der Waals surface area contributed by atoms with Gasteiger partial charge < -0.3 is 4.74 Å². The van der Waals surface area contributed by atoms with Crippen LogP contribution >= 0.6 is 0 Å². The predicted octanol–water partition coefficient (Wildman–Crippen LogP) is 2.91. The Morgan fingerprint density at radius 2 is 1.77 bits per heavy atom. The van der Waals surface area contributed by atoms with Gasteiger partial charge in [0, 0.05) is 0 Å². The van der Waals surface area contributed by atoms with E-state index >= 15 is 0 Å². The van der Waals surface area contributed by atoms with E-state index < -0.39 is 11.9 Å². The summed E-state index contributed by atoms with van der Waals surface area (Å²) in [7, 11) is 0. The molecule has 1 rings (SSSR count). The van der Waals surface area contributed by atoms with Crippen LogP contribution < -0.4 is 0 Å². The molecule has 1 nitrogen and oxygen atoms in total.